The topological polar surface area (TPSA) is 38.3 Å². The lowest BCUT2D eigenvalue weighted by Crippen LogP contribution is -2.25. The van der Waals surface area contributed by atoms with Crippen molar-refractivity contribution in [2.24, 2.45) is 0 Å². The third kappa shape index (κ3) is 6.83. The summed E-state index contributed by atoms with van der Waals surface area (Å²) in [5.74, 6) is 2.92. The van der Waals surface area contributed by atoms with Crippen LogP contribution in [-0.2, 0) is 17.0 Å². The summed E-state index contributed by atoms with van der Waals surface area (Å²) in [4.78, 5) is 11.9. The highest BCUT2D eigenvalue weighted by molar-refractivity contribution is 7.98. The predicted molar refractivity (Wildman–Crippen MR) is 106 cm³/mol. The van der Waals surface area contributed by atoms with Crippen LogP contribution in [0.25, 0.3) is 0 Å². The number of ether oxygens (including phenoxy) is 1. The van der Waals surface area contributed by atoms with Gasteiger partial charge >= 0.3 is 0 Å². The molecule has 1 amide bonds. The molecule has 0 spiro atoms. The first-order valence-corrected chi connectivity index (χ1v) is 9.77. The van der Waals surface area contributed by atoms with E-state index >= 15 is 0 Å². The van der Waals surface area contributed by atoms with Gasteiger partial charge in [0.2, 0.25) is 5.91 Å². The number of benzene rings is 2. The van der Waals surface area contributed by atoms with Gasteiger partial charge in [-0.2, -0.15) is 11.8 Å². The van der Waals surface area contributed by atoms with Crippen LogP contribution in [0.3, 0.4) is 0 Å². The maximum atomic E-state index is 11.9. The molecule has 0 aliphatic heterocycles. The molecule has 1 N–H and O–H groups in total. The molecule has 0 unspecified atom stereocenters. The van der Waals surface area contributed by atoms with Gasteiger partial charge < -0.3 is 10.1 Å². The molecule has 0 saturated carbocycles. The fourth-order valence-electron chi connectivity index (χ4n) is 2.58. The average Bonchev–Trinajstić information content (AvgIpc) is 2.61. The molecule has 0 bridgehead atoms. The van der Waals surface area contributed by atoms with Gasteiger partial charge in [0.25, 0.3) is 0 Å². The Kier molecular flexibility index (Phi) is 7.86. The Hall–Kier alpha value is -1.94. The van der Waals surface area contributed by atoms with Gasteiger partial charge in [0.1, 0.15) is 5.75 Å². The van der Waals surface area contributed by atoms with E-state index in [9.17, 15) is 4.79 Å². The molecule has 0 saturated heterocycles. The molecule has 2 aromatic carbocycles. The minimum absolute atomic E-state index is 0.115. The zero-order valence-corrected chi connectivity index (χ0v) is 16.1. The maximum absolute atomic E-state index is 11.9. The number of hydrogen-bond donors (Lipinski definition) is 1. The van der Waals surface area contributed by atoms with E-state index in [0.717, 1.165) is 35.8 Å². The van der Waals surface area contributed by atoms with Crippen LogP contribution in [0.2, 0.25) is 0 Å². The molecule has 0 radical (unpaired) electrons. The van der Waals surface area contributed by atoms with Crippen LogP contribution in [0, 0.1) is 13.8 Å². The van der Waals surface area contributed by atoms with Gasteiger partial charge in [-0.1, -0.05) is 42.0 Å². The first kappa shape index (κ1) is 19.4. The highest BCUT2D eigenvalue weighted by atomic mass is 32.2. The number of nitrogens with one attached hydrogen (secondary N) is 1. The van der Waals surface area contributed by atoms with Crippen LogP contribution < -0.4 is 10.1 Å². The first-order chi connectivity index (χ1) is 12.1. The molecule has 0 atom stereocenters. The molecule has 0 aliphatic rings. The second-order valence-corrected chi connectivity index (χ2v) is 7.30. The Morgan fingerprint density at radius 3 is 2.48 bits per heavy atom. The van der Waals surface area contributed by atoms with Crippen LogP contribution in [0.15, 0.2) is 42.5 Å². The monoisotopic (exact) mass is 357 g/mol. The fraction of sp³-hybridized carbons (Fsp3) is 0.381. The summed E-state index contributed by atoms with van der Waals surface area (Å²) in [7, 11) is 1.67. The second-order valence-electron chi connectivity index (χ2n) is 6.19. The van der Waals surface area contributed by atoms with Crippen molar-refractivity contribution in [2.45, 2.75) is 32.4 Å². The van der Waals surface area contributed by atoms with Crippen molar-refractivity contribution in [2.75, 3.05) is 19.4 Å². The van der Waals surface area contributed by atoms with Crippen molar-refractivity contribution in [1.82, 2.24) is 5.32 Å². The van der Waals surface area contributed by atoms with Crippen LogP contribution in [0.5, 0.6) is 5.75 Å². The maximum Gasteiger partial charge on any atom is 0.220 e. The summed E-state index contributed by atoms with van der Waals surface area (Å²) in [5.41, 5.74) is 4.89. The van der Waals surface area contributed by atoms with Gasteiger partial charge in [0.05, 0.1) is 7.11 Å². The Labute approximate surface area is 155 Å². The number of aryl methyl sites for hydroxylation is 3. The van der Waals surface area contributed by atoms with Crippen molar-refractivity contribution < 1.29 is 9.53 Å². The fourth-order valence-corrected chi connectivity index (χ4v) is 3.40. The van der Waals surface area contributed by atoms with Gasteiger partial charge in [0.15, 0.2) is 0 Å². The van der Waals surface area contributed by atoms with Crippen molar-refractivity contribution in [1.29, 1.82) is 0 Å². The lowest BCUT2D eigenvalue weighted by atomic mass is 10.1. The highest BCUT2D eigenvalue weighted by Crippen LogP contribution is 2.19. The SMILES string of the molecule is COc1ccc(CCC(=O)NCCSCc2ccc(C)cc2)cc1C. The second kappa shape index (κ2) is 10.1. The molecule has 2 aromatic rings. The zero-order chi connectivity index (χ0) is 18.1. The summed E-state index contributed by atoms with van der Waals surface area (Å²) in [6.07, 6.45) is 1.28. The Bertz CT molecular complexity index is 683. The predicted octanol–water partition coefficient (Wildman–Crippen LogP) is 4.29. The van der Waals surface area contributed by atoms with E-state index in [-0.39, 0.29) is 5.91 Å². The van der Waals surface area contributed by atoms with E-state index in [1.807, 2.05) is 30.8 Å². The zero-order valence-electron chi connectivity index (χ0n) is 15.3. The number of amides is 1. The van der Waals surface area contributed by atoms with Crippen LogP contribution in [0.4, 0.5) is 0 Å². The van der Waals surface area contributed by atoms with Crippen molar-refractivity contribution in [3.63, 3.8) is 0 Å². The number of hydrogen-bond acceptors (Lipinski definition) is 3. The molecule has 4 heteroatoms. The number of carbonyl (C=O) groups excluding carboxylic acids is 1. The quantitative estimate of drug-likeness (QED) is 0.680. The molecule has 2 rings (SSSR count). The number of rotatable bonds is 9. The van der Waals surface area contributed by atoms with E-state index in [2.05, 4.69) is 42.6 Å². The summed E-state index contributed by atoms with van der Waals surface area (Å²) in [6.45, 7) is 4.84. The molecule has 25 heavy (non-hydrogen) atoms. The number of carbonyl (C=O) groups is 1. The molecular weight excluding hydrogens is 330 g/mol. The van der Waals surface area contributed by atoms with Gasteiger partial charge in [-0.15, -0.1) is 0 Å². The minimum atomic E-state index is 0.115. The van der Waals surface area contributed by atoms with Crippen LogP contribution >= 0.6 is 11.8 Å². The lowest BCUT2D eigenvalue weighted by Gasteiger charge is -2.08. The average molecular weight is 358 g/mol. The third-order valence-corrected chi connectivity index (χ3v) is 5.09. The first-order valence-electron chi connectivity index (χ1n) is 8.62. The van der Waals surface area contributed by atoms with Crippen molar-refractivity contribution in [3.05, 3.63) is 64.7 Å². The molecule has 0 aliphatic carbocycles. The highest BCUT2D eigenvalue weighted by Gasteiger charge is 2.04. The number of methoxy groups -OCH3 is 1. The molecular formula is C21H27NO2S. The van der Waals surface area contributed by atoms with E-state index in [1.165, 1.54) is 16.7 Å². The molecule has 0 heterocycles. The number of thioether (sulfide) groups is 1. The van der Waals surface area contributed by atoms with Crippen LogP contribution in [-0.4, -0.2) is 25.3 Å². The summed E-state index contributed by atoms with van der Waals surface area (Å²) >= 11 is 1.85. The van der Waals surface area contributed by atoms with E-state index < -0.39 is 0 Å². The Morgan fingerprint density at radius 1 is 1.08 bits per heavy atom. The van der Waals surface area contributed by atoms with E-state index in [0.29, 0.717) is 6.42 Å². The standard InChI is InChI=1S/C21H27NO2S/c1-16-4-6-19(7-5-16)15-25-13-12-22-21(23)11-9-18-8-10-20(24-3)17(2)14-18/h4-8,10,14H,9,11-13,15H2,1-3H3,(H,22,23). The Morgan fingerprint density at radius 2 is 1.80 bits per heavy atom. The lowest BCUT2D eigenvalue weighted by molar-refractivity contribution is -0.120. The van der Waals surface area contributed by atoms with Gasteiger partial charge in [-0.3, -0.25) is 4.79 Å². The van der Waals surface area contributed by atoms with Gasteiger partial charge in [-0.25, -0.2) is 0 Å². The summed E-state index contributed by atoms with van der Waals surface area (Å²) in [6, 6.07) is 14.7. The normalized spacial score (nSPS) is 10.5. The smallest absolute Gasteiger partial charge is 0.220 e. The summed E-state index contributed by atoms with van der Waals surface area (Å²) in [5, 5.41) is 3.00. The van der Waals surface area contributed by atoms with Crippen molar-refractivity contribution >= 4 is 17.7 Å². The van der Waals surface area contributed by atoms with Gasteiger partial charge in [-0.05, 0) is 43.0 Å². The largest absolute Gasteiger partial charge is 0.496 e. The molecule has 0 fully saturated rings. The summed E-state index contributed by atoms with van der Waals surface area (Å²) < 4.78 is 5.26. The Balaban J connectivity index is 1.60. The van der Waals surface area contributed by atoms with Gasteiger partial charge in [0, 0.05) is 24.5 Å². The minimum Gasteiger partial charge on any atom is -0.496 e. The molecule has 134 valence electrons. The van der Waals surface area contributed by atoms with Crippen molar-refractivity contribution in [3.8, 4) is 5.75 Å². The van der Waals surface area contributed by atoms with E-state index in [1.54, 1.807) is 7.11 Å². The van der Waals surface area contributed by atoms with Crippen LogP contribution in [0.1, 0.15) is 28.7 Å². The molecule has 3 nitrogen and oxygen atoms in total. The third-order valence-electron chi connectivity index (χ3n) is 4.06. The van der Waals surface area contributed by atoms with E-state index in [4.69, 9.17) is 4.74 Å². The molecule has 0 aromatic heterocycles.